The van der Waals surface area contributed by atoms with Crippen molar-refractivity contribution < 1.29 is 4.79 Å². The topological polar surface area (TPSA) is 44.9 Å². The largest absolute Gasteiger partial charge is 0.351 e. The van der Waals surface area contributed by atoms with E-state index in [1.165, 1.54) is 5.56 Å². The predicted octanol–water partition coefficient (Wildman–Crippen LogP) is 4.38. The zero-order valence-electron chi connectivity index (χ0n) is 10.9. The minimum atomic E-state index is -0.180. The molecule has 0 aliphatic rings. The van der Waals surface area contributed by atoms with E-state index in [9.17, 15) is 4.79 Å². The van der Waals surface area contributed by atoms with Crippen LogP contribution in [0.25, 0.3) is 10.9 Å². The van der Waals surface area contributed by atoms with Gasteiger partial charge in [0, 0.05) is 21.6 Å². The van der Waals surface area contributed by atoms with E-state index in [4.69, 9.17) is 11.6 Å². The lowest BCUT2D eigenvalue weighted by molar-refractivity contribution is 0.102. The van der Waals surface area contributed by atoms with Gasteiger partial charge in [-0.3, -0.25) is 4.79 Å². The van der Waals surface area contributed by atoms with Gasteiger partial charge in [-0.25, -0.2) is 0 Å². The minimum absolute atomic E-state index is 0.180. The lowest BCUT2D eigenvalue weighted by Crippen LogP contribution is -2.11. The number of halogens is 1. The van der Waals surface area contributed by atoms with Crippen LogP contribution < -0.4 is 5.32 Å². The van der Waals surface area contributed by atoms with Crippen molar-refractivity contribution in [2.45, 2.75) is 6.92 Å². The molecule has 3 aromatic rings. The van der Waals surface area contributed by atoms with Gasteiger partial charge in [0.25, 0.3) is 5.91 Å². The molecule has 3 nitrogen and oxygen atoms in total. The molecule has 0 saturated carbocycles. The summed E-state index contributed by atoms with van der Waals surface area (Å²) >= 11 is 5.90. The lowest BCUT2D eigenvalue weighted by atomic mass is 10.2. The second-order valence-corrected chi connectivity index (χ2v) is 5.17. The number of H-pyrrole nitrogens is 1. The standard InChI is InChI=1S/C16H13ClN2O/c1-10-5-6-14-11(7-10)8-15(19-14)16(20)18-13-4-2-3-12(17)9-13/h2-9,19H,1H3,(H,18,20). The second kappa shape index (κ2) is 5.02. The highest BCUT2D eigenvalue weighted by atomic mass is 35.5. The summed E-state index contributed by atoms with van der Waals surface area (Å²) in [6.07, 6.45) is 0. The SMILES string of the molecule is Cc1ccc2[nH]c(C(=O)Nc3cccc(Cl)c3)cc2c1. The number of nitrogens with one attached hydrogen (secondary N) is 2. The molecule has 2 aromatic carbocycles. The number of aromatic amines is 1. The zero-order chi connectivity index (χ0) is 14.1. The molecule has 1 aromatic heterocycles. The van der Waals surface area contributed by atoms with E-state index in [2.05, 4.69) is 10.3 Å². The normalized spacial score (nSPS) is 10.7. The maximum atomic E-state index is 12.2. The maximum Gasteiger partial charge on any atom is 0.272 e. The van der Waals surface area contributed by atoms with Crippen LogP contribution in [0.15, 0.2) is 48.5 Å². The summed E-state index contributed by atoms with van der Waals surface area (Å²) in [5.74, 6) is -0.180. The van der Waals surface area contributed by atoms with E-state index in [0.717, 1.165) is 10.9 Å². The average Bonchev–Trinajstić information content (AvgIpc) is 2.81. The van der Waals surface area contributed by atoms with Gasteiger partial charge >= 0.3 is 0 Å². The molecule has 0 aliphatic carbocycles. The molecule has 100 valence electrons. The highest BCUT2D eigenvalue weighted by Crippen LogP contribution is 2.19. The number of aromatic nitrogens is 1. The Morgan fingerprint density at radius 1 is 1.15 bits per heavy atom. The molecule has 0 bridgehead atoms. The fourth-order valence-corrected chi connectivity index (χ4v) is 2.33. The first-order chi connectivity index (χ1) is 9.61. The molecule has 0 aliphatic heterocycles. The van der Waals surface area contributed by atoms with Gasteiger partial charge in [-0.15, -0.1) is 0 Å². The van der Waals surface area contributed by atoms with E-state index in [0.29, 0.717) is 16.4 Å². The van der Waals surface area contributed by atoms with Crippen molar-refractivity contribution in [2.75, 3.05) is 5.32 Å². The summed E-state index contributed by atoms with van der Waals surface area (Å²) in [5.41, 5.74) is 3.33. The number of hydrogen-bond donors (Lipinski definition) is 2. The molecule has 0 spiro atoms. The Morgan fingerprint density at radius 2 is 2.00 bits per heavy atom. The van der Waals surface area contributed by atoms with E-state index < -0.39 is 0 Å². The molecule has 0 radical (unpaired) electrons. The van der Waals surface area contributed by atoms with Crippen molar-refractivity contribution in [2.24, 2.45) is 0 Å². The molecule has 1 heterocycles. The Hall–Kier alpha value is -2.26. The van der Waals surface area contributed by atoms with E-state index in [1.54, 1.807) is 24.3 Å². The third-order valence-corrected chi connectivity index (χ3v) is 3.34. The smallest absolute Gasteiger partial charge is 0.272 e. The summed E-state index contributed by atoms with van der Waals surface area (Å²) < 4.78 is 0. The third-order valence-electron chi connectivity index (χ3n) is 3.10. The van der Waals surface area contributed by atoms with E-state index in [1.807, 2.05) is 31.2 Å². The number of amides is 1. The average molecular weight is 285 g/mol. The molecular formula is C16H13ClN2O. The zero-order valence-corrected chi connectivity index (χ0v) is 11.7. The fourth-order valence-electron chi connectivity index (χ4n) is 2.14. The van der Waals surface area contributed by atoms with Gasteiger partial charge in [0.1, 0.15) is 5.69 Å². The molecule has 3 rings (SSSR count). The monoisotopic (exact) mass is 284 g/mol. The van der Waals surface area contributed by atoms with Crippen LogP contribution in [-0.2, 0) is 0 Å². The molecule has 0 unspecified atom stereocenters. The van der Waals surface area contributed by atoms with Crippen LogP contribution in [0, 0.1) is 6.92 Å². The Kier molecular flexibility index (Phi) is 3.20. The molecule has 0 saturated heterocycles. The third kappa shape index (κ3) is 2.53. The van der Waals surface area contributed by atoms with E-state index >= 15 is 0 Å². The summed E-state index contributed by atoms with van der Waals surface area (Å²) in [5, 5.41) is 4.44. The summed E-state index contributed by atoms with van der Waals surface area (Å²) in [4.78, 5) is 15.3. The fraction of sp³-hybridized carbons (Fsp3) is 0.0625. The van der Waals surface area contributed by atoms with Gasteiger partial charge in [-0.05, 0) is 43.3 Å². The summed E-state index contributed by atoms with van der Waals surface area (Å²) in [6.45, 7) is 2.03. The number of anilines is 1. The van der Waals surface area contributed by atoms with Crippen molar-refractivity contribution in [1.82, 2.24) is 4.98 Å². The quantitative estimate of drug-likeness (QED) is 0.720. The van der Waals surface area contributed by atoms with E-state index in [-0.39, 0.29) is 5.91 Å². The Balaban J connectivity index is 1.88. The van der Waals surface area contributed by atoms with Crippen molar-refractivity contribution in [3.8, 4) is 0 Å². The van der Waals surface area contributed by atoms with Crippen LogP contribution in [-0.4, -0.2) is 10.9 Å². The van der Waals surface area contributed by atoms with Crippen LogP contribution in [0.2, 0.25) is 5.02 Å². The van der Waals surface area contributed by atoms with Gasteiger partial charge in [0.2, 0.25) is 0 Å². The molecule has 2 N–H and O–H groups in total. The lowest BCUT2D eigenvalue weighted by Gasteiger charge is -2.03. The van der Waals surface area contributed by atoms with Gasteiger partial charge in [-0.1, -0.05) is 29.3 Å². The van der Waals surface area contributed by atoms with Crippen LogP contribution in [0.1, 0.15) is 16.1 Å². The minimum Gasteiger partial charge on any atom is -0.351 e. The van der Waals surface area contributed by atoms with Crippen LogP contribution in [0.5, 0.6) is 0 Å². The Morgan fingerprint density at radius 3 is 2.80 bits per heavy atom. The predicted molar refractivity (Wildman–Crippen MR) is 82.4 cm³/mol. The van der Waals surface area contributed by atoms with Crippen molar-refractivity contribution in [1.29, 1.82) is 0 Å². The summed E-state index contributed by atoms with van der Waals surface area (Å²) in [7, 11) is 0. The number of benzene rings is 2. The van der Waals surface area contributed by atoms with Crippen molar-refractivity contribution in [3.63, 3.8) is 0 Å². The Bertz CT molecular complexity index is 792. The Labute approximate surface area is 121 Å². The molecule has 4 heteroatoms. The number of aryl methyl sites for hydroxylation is 1. The van der Waals surface area contributed by atoms with Gasteiger partial charge in [0.15, 0.2) is 0 Å². The maximum absolute atomic E-state index is 12.2. The van der Waals surface area contributed by atoms with Crippen molar-refractivity contribution in [3.05, 3.63) is 64.8 Å². The van der Waals surface area contributed by atoms with Gasteiger partial charge in [-0.2, -0.15) is 0 Å². The first-order valence-corrected chi connectivity index (χ1v) is 6.66. The van der Waals surface area contributed by atoms with Crippen LogP contribution >= 0.6 is 11.6 Å². The second-order valence-electron chi connectivity index (χ2n) is 4.74. The molecule has 0 fully saturated rings. The number of carbonyl (C=O) groups is 1. The first-order valence-electron chi connectivity index (χ1n) is 6.28. The molecular weight excluding hydrogens is 272 g/mol. The summed E-state index contributed by atoms with van der Waals surface area (Å²) in [6, 6.07) is 15.0. The molecule has 20 heavy (non-hydrogen) atoms. The van der Waals surface area contributed by atoms with Gasteiger partial charge in [0.05, 0.1) is 0 Å². The molecule has 0 atom stereocenters. The van der Waals surface area contributed by atoms with Gasteiger partial charge < -0.3 is 10.3 Å². The number of carbonyl (C=O) groups excluding carboxylic acids is 1. The van der Waals surface area contributed by atoms with Crippen LogP contribution in [0.3, 0.4) is 0 Å². The number of fused-ring (bicyclic) bond motifs is 1. The highest BCUT2D eigenvalue weighted by Gasteiger charge is 2.10. The van der Waals surface area contributed by atoms with Crippen LogP contribution in [0.4, 0.5) is 5.69 Å². The molecule has 1 amide bonds. The van der Waals surface area contributed by atoms with Crippen molar-refractivity contribution >= 4 is 34.1 Å². The number of rotatable bonds is 2. The highest BCUT2D eigenvalue weighted by molar-refractivity contribution is 6.31. The first kappa shape index (κ1) is 12.8. The number of hydrogen-bond acceptors (Lipinski definition) is 1.